The largest absolute Gasteiger partial charge is 0.478 e. The van der Waals surface area contributed by atoms with Gasteiger partial charge < -0.3 is 20.1 Å². The zero-order valence-corrected chi connectivity index (χ0v) is 7.17. The third kappa shape index (κ3) is 2.06. The minimum Gasteiger partial charge on any atom is -0.478 e. The topological polar surface area (TPSA) is 87.0 Å². The first kappa shape index (κ1) is 10.2. The molecule has 1 aliphatic carbocycles. The Bertz CT molecular complexity index is 235. The van der Waals surface area contributed by atoms with Crippen LogP contribution < -0.4 is 0 Å². The number of aliphatic carboxylic acids is 1. The van der Waals surface area contributed by atoms with Gasteiger partial charge in [0.25, 0.3) is 0 Å². The van der Waals surface area contributed by atoms with Crippen molar-refractivity contribution in [3.63, 3.8) is 0 Å². The Kier molecular flexibility index (Phi) is 3.02. The molecule has 5 nitrogen and oxygen atoms in total. The van der Waals surface area contributed by atoms with Crippen LogP contribution in [-0.2, 0) is 9.53 Å². The number of carboxylic acids is 1. The third-order valence-corrected chi connectivity index (χ3v) is 2.07. The summed E-state index contributed by atoms with van der Waals surface area (Å²) in [6.45, 7) is 0. The van der Waals surface area contributed by atoms with E-state index in [9.17, 15) is 15.0 Å². The molecule has 1 rings (SSSR count). The van der Waals surface area contributed by atoms with Gasteiger partial charge in [-0.2, -0.15) is 0 Å². The van der Waals surface area contributed by atoms with Crippen LogP contribution in [-0.4, -0.2) is 46.7 Å². The van der Waals surface area contributed by atoms with Crippen LogP contribution in [0.25, 0.3) is 0 Å². The summed E-state index contributed by atoms with van der Waals surface area (Å²) in [5, 5.41) is 27.2. The van der Waals surface area contributed by atoms with E-state index in [0.717, 1.165) is 0 Å². The van der Waals surface area contributed by atoms with Crippen LogP contribution >= 0.6 is 0 Å². The lowest BCUT2D eigenvalue weighted by molar-refractivity contribution is -0.134. The lowest BCUT2D eigenvalue weighted by atomic mass is 9.92. The van der Waals surface area contributed by atoms with E-state index >= 15 is 0 Å². The second-order valence-corrected chi connectivity index (χ2v) is 2.96. The van der Waals surface area contributed by atoms with Gasteiger partial charge in [0.1, 0.15) is 12.2 Å². The fourth-order valence-corrected chi connectivity index (χ4v) is 1.30. The van der Waals surface area contributed by atoms with E-state index in [2.05, 4.69) is 0 Å². The molecular weight excluding hydrogens is 176 g/mol. The number of rotatable bonds is 2. The molecule has 13 heavy (non-hydrogen) atoms. The average Bonchev–Trinajstić information content (AvgIpc) is 2.09. The van der Waals surface area contributed by atoms with E-state index in [1.807, 2.05) is 0 Å². The Balaban J connectivity index is 2.84. The molecule has 0 fully saturated rings. The molecule has 5 heteroatoms. The van der Waals surface area contributed by atoms with Gasteiger partial charge in [0, 0.05) is 19.1 Å². The van der Waals surface area contributed by atoms with Crippen LogP contribution in [0, 0.1) is 0 Å². The van der Waals surface area contributed by atoms with Gasteiger partial charge in [-0.1, -0.05) is 0 Å². The normalized spacial score (nSPS) is 34.1. The van der Waals surface area contributed by atoms with E-state index in [1.165, 1.54) is 13.2 Å². The lowest BCUT2D eigenvalue weighted by Crippen LogP contribution is -2.41. The zero-order valence-electron chi connectivity index (χ0n) is 7.17. The number of aliphatic hydroxyl groups excluding tert-OH is 2. The average molecular weight is 188 g/mol. The summed E-state index contributed by atoms with van der Waals surface area (Å²) in [6.07, 6.45) is -1.58. The number of hydrogen-bond acceptors (Lipinski definition) is 4. The van der Waals surface area contributed by atoms with Crippen LogP contribution in [0.4, 0.5) is 0 Å². The summed E-state index contributed by atoms with van der Waals surface area (Å²) in [4.78, 5) is 10.6. The van der Waals surface area contributed by atoms with E-state index < -0.39 is 24.3 Å². The van der Waals surface area contributed by atoms with Crippen molar-refractivity contribution < 1.29 is 24.9 Å². The number of methoxy groups -OCH3 is 1. The Morgan fingerprint density at radius 1 is 1.62 bits per heavy atom. The molecule has 3 N–H and O–H groups in total. The molecule has 0 saturated heterocycles. The van der Waals surface area contributed by atoms with Crippen molar-refractivity contribution in [3.8, 4) is 0 Å². The highest BCUT2D eigenvalue weighted by Gasteiger charge is 2.32. The number of hydrogen-bond donors (Lipinski definition) is 3. The molecule has 0 spiro atoms. The Morgan fingerprint density at radius 2 is 2.23 bits per heavy atom. The molecular formula is C8H12O5. The van der Waals surface area contributed by atoms with Gasteiger partial charge in [0.15, 0.2) is 0 Å². The molecule has 0 aromatic rings. The van der Waals surface area contributed by atoms with Gasteiger partial charge in [-0.05, 0) is 6.08 Å². The number of aliphatic hydroxyl groups is 2. The molecule has 0 amide bonds. The Hall–Kier alpha value is -0.910. The molecule has 0 aromatic carbocycles. The fraction of sp³-hybridized carbons (Fsp3) is 0.625. The maximum Gasteiger partial charge on any atom is 0.331 e. The highest BCUT2D eigenvalue weighted by molar-refractivity contribution is 5.87. The monoisotopic (exact) mass is 188 g/mol. The van der Waals surface area contributed by atoms with Crippen molar-refractivity contribution in [2.45, 2.75) is 24.7 Å². The molecule has 0 radical (unpaired) electrons. The summed E-state index contributed by atoms with van der Waals surface area (Å²) in [7, 11) is 1.35. The first-order valence-corrected chi connectivity index (χ1v) is 3.89. The molecule has 1 aliphatic rings. The maximum absolute atomic E-state index is 10.6. The second kappa shape index (κ2) is 3.87. The van der Waals surface area contributed by atoms with Crippen molar-refractivity contribution in [3.05, 3.63) is 11.6 Å². The van der Waals surface area contributed by atoms with Crippen molar-refractivity contribution in [1.82, 2.24) is 0 Å². The van der Waals surface area contributed by atoms with Crippen LogP contribution in [0.1, 0.15) is 6.42 Å². The SMILES string of the molecule is CO[C@@H]1C=C(C(=O)O)C[C@@H](O)[C@@H]1O. The van der Waals surface area contributed by atoms with Crippen molar-refractivity contribution in [1.29, 1.82) is 0 Å². The maximum atomic E-state index is 10.6. The van der Waals surface area contributed by atoms with Crippen molar-refractivity contribution in [2.75, 3.05) is 7.11 Å². The van der Waals surface area contributed by atoms with E-state index in [1.54, 1.807) is 0 Å². The molecule has 0 aromatic heterocycles. The summed E-state index contributed by atoms with van der Waals surface area (Å²) in [5.74, 6) is -1.09. The molecule has 0 bridgehead atoms. The van der Waals surface area contributed by atoms with E-state index in [0.29, 0.717) is 0 Å². The summed E-state index contributed by atoms with van der Waals surface area (Å²) in [6, 6.07) is 0. The first-order chi connectivity index (χ1) is 6.06. The van der Waals surface area contributed by atoms with Crippen LogP contribution in [0.3, 0.4) is 0 Å². The lowest BCUT2D eigenvalue weighted by Gasteiger charge is -2.28. The smallest absolute Gasteiger partial charge is 0.331 e. The molecule has 0 unspecified atom stereocenters. The van der Waals surface area contributed by atoms with Crippen LogP contribution in [0.5, 0.6) is 0 Å². The van der Waals surface area contributed by atoms with E-state index in [4.69, 9.17) is 9.84 Å². The molecule has 74 valence electrons. The number of carbonyl (C=O) groups is 1. The van der Waals surface area contributed by atoms with Crippen LogP contribution in [0.2, 0.25) is 0 Å². The molecule has 0 saturated carbocycles. The number of ether oxygens (including phenoxy) is 1. The highest BCUT2D eigenvalue weighted by Crippen LogP contribution is 2.21. The van der Waals surface area contributed by atoms with Gasteiger partial charge in [-0.25, -0.2) is 4.79 Å². The fourth-order valence-electron chi connectivity index (χ4n) is 1.30. The zero-order chi connectivity index (χ0) is 10.0. The molecule has 0 heterocycles. The summed E-state index contributed by atoms with van der Waals surface area (Å²) in [5.41, 5.74) is 0.0738. The van der Waals surface area contributed by atoms with Gasteiger partial charge in [0.2, 0.25) is 0 Å². The Morgan fingerprint density at radius 3 is 2.69 bits per heavy atom. The predicted octanol–water partition coefficient (Wildman–Crippen LogP) is -0.862. The van der Waals surface area contributed by atoms with Gasteiger partial charge in [-0.3, -0.25) is 0 Å². The second-order valence-electron chi connectivity index (χ2n) is 2.96. The van der Waals surface area contributed by atoms with Gasteiger partial charge in [-0.15, -0.1) is 0 Å². The van der Waals surface area contributed by atoms with Gasteiger partial charge in [0.05, 0.1) is 6.10 Å². The molecule has 0 aliphatic heterocycles. The standard InChI is InChI=1S/C8H12O5/c1-13-6-3-4(8(11)12)2-5(9)7(6)10/h3,5-7,9-10H,2H2,1H3,(H,11,12)/t5-,6-,7+/m1/s1. The van der Waals surface area contributed by atoms with Crippen molar-refractivity contribution in [2.24, 2.45) is 0 Å². The first-order valence-electron chi connectivity index (χ1n) is 3.89. The third-order valence-electron chi connectivity index (χ3n) is 2.07. The predicted molar refractivity (Wildman–Crippen MR) is 43.1 cm³/mol. The highest BCUT2D eigenvalue weighted by atomic mass is 16.5. The van der Waals surface area contributed by atoms with Gasteiger partial charge >= 0.3 is 5.97 Å². The number of carboxylic acid groups (broad SMARTS) is 1. The quantitative estimate of drug-likeness (QED) is 0.524. The molecule has 3 atom stereocenters. The minimum absolute atomic E-state index is 0.0453. The summed E-state index contributed by atoms with van der Waals surface area (Å²) < 4.78 is 4.80. The Labute approximate surface area is 75.3 Å². The van der Waals surface area contributed by atoms with Crippen molar-refractivity contribution >= 4 is 5.97 Å². The van der Waals surface area contributed by atoms with E-state index in [-0.39, 0.29) is 12.0 Å². The summed E-state index contributed by atoms with van der Waals surface area (Å²) >= 11 is 0. The van der Waals surface area contributed by atoms with Crippen LogP contribution in [0.15, 0.2) is 11.6 Å². The minimum atomic E-state index is -1.09.